The number of piperidine rings is 1. The molecule has 0 aromatic carbocycles. The third kappa shape index (κ3) is 4.55. The van der Waals surface area contributed by atoms with Crippen molar-refractivity contribution in [3.8, 4) is 5.82 Å². The van der Waals surface area contributed by atoms with Gasteiger partial charge in [-0.2, -0.15) is 5.10 Å². The first-order valence-electron chi connectivity index (χ1n) is 8.53. The van der Waals surface area contributed by atoms with E-state index in [4.69, 9.17) is 5.73 Å². The summed E-state index contributed by atoms with van der Waals surface area (Å²) < 4.78 is 1.79. The van der Waals surface area contributed by atoms with Crippen molar-refractivity contribution in [2.24, 2.45) is 5.73 Å². The fraction of sp³-hybridized carbons (Fsp3) is 0.500. The van der Waals surface area contributed by atoms with Crippen LogP contribution in [-0.4, -0.2) is 44.2 Å². The molecule has 8 heteroatoms. The summed E-state index contributed by atoms with van der Waals surface area (Å²) in [5.74, 6) is 0.740. The molecule has 0 bridgehead atoms. The van der Waals surface area contributed by atoms with Gasteiger partial charge in [0.15, 0.2) is 5.82 Å². The minimum Gasteiger partial charge on any atom is -0.334 e. The van der Waals surface area contributed by atoms with Gasteiger partial charge >= 0.3 is 0 Å². The molecular formula is C18H27Cl2N5O. The standard InChI is InChI=1S/C18H25N5O.2ClH/c1-12-10-13(2)23(21-12)17-8-7-15(11-20-17)18(24)22-9-5-4-6-16(22)14(3)19;;/h7-8,10-11,14,16H,4-6,9,19H2,1-3H3;2*1H. The number of nitrogens with zero attached hydrogens (tertiary/aromatic N) is 4. The van der Waals surface area contributed by atoms with E-state index in [-0.39, 0.29) is 42.8 Å². The maximum absolute atomic E-state index is 12.8. The number of likely N-dealkylation sites (tertiary alicyclic amines) is 1. The van der Waals surface area contributed by atoms with Gasteiger partial charge in [0.05, 0.1) is 11.3 Å². The molecule has 0 spiro atoms. The fourth-order valence-electron chi connectivity index (χ4n) is 3.42. The van der Waals surface area contributed by atoms with Gasteiger partial charge in [-0.3, -0.25) is 4.79 Å². The molecule has 0 aliphatic carbocycles. The molecule has 26 heavy (non-hydrogen) atoms. The summed E-state index contributed by atoms with van der Waals surface area (Å²) in [4.78, 5) is 19.2. The van der Waals surface area contributed by atoms with Gasteiger partial charge in [0.1, 0.15) is 0 Å². The molecule has 0 radical (unpaired) electrons. The molecule has 3 rings (SSSR count). The predicted octanol–water partition coefficient (Wildman–Crippen LogP) is 3.07. The number of hydrogen-bond acceptors (Lipinski definition) is 4. The van der Waals surface area contributed by atoms with Crippen molar-refractivity contribution < 1.29 is 4.79 Å². The highest BCUT2D eigenvalue weighted by molar-refractivity contribution is 5.94. The molecule has 2 aromatic rings. The number of nitrogens with two attached hydrogens (primary N) is 1. The van der Waals surface area contributed by atoms with Crippen molar-refractivity contribution in [1.29, 1.82) is 0 Å². The number of aryl methyl sites for hydroxylation is 2. The van der Waals surface area contributed by atoms with E-state index >= 15 is 0 Å². The van der Waals surface area contributed by atoms with Crippen molar-refractivity contribution in [3.63, 3.8) is 0 Å². The Hall–Kier alpha value is -1.63. The Morgan fingerprint density at radius 3 is 2.54 bits per heavy atom. The highest BCUT2D eigenvalue weighted by Gasteiger charge is 2.29. The summed E-state index contributed by atoms with van der Waals surface area (Å²) in [7, 11) is 0. The molecule has 1 saturated heterocycles. The van der Waals surface area contributed by atoms with Crippen LogP contribution in [0.3, 0.4) is 0 Å². The quantitative estimate of drug-likeness (QED) is 0.859. The number of carbonyl (C=O) groups excluding carboxylic acids is 1. The molecule has 1 aliphatic heterocycles. The van der Waals surface area contributed by atoms with Crippen LogP contribution in [-0.2, 0) is 0 Å². The number of aromatic nitrogens is 3. The number of hydrogen-bond donors (Lipinski definition) is 1. The molecule has 1 aliphatic rings. The molecule has 2 atom stereocenters. The first-order chi connectivity index (χ1) is 11.5. The lowest BCUT2D eigenvalue weighted by Crippen LogP contribution is -2.51. The first-order valence-corrected chi connectivity index (χ1v) is 8.53. The highest BCUT2D eigenvalue weighted by atomic mass is 35.5. The molecule has 1 fully saturated rings. The van der Waals surface area contributed by atoms with Crippen LogP contribution in [0.1, 0.15) is 47.9 Å². The normalized spacial score (nSPS) is 17.8. The Bertz CT molecular complexity index is 730. The summed E-state index contributed by atoms with van der Waals surface area (Å²) in [6.45, 7) is 6.68. The van der Waals surface area contributed by atoms with Crippen LogP contribution < -0.4 is 5.73 Å². The third-order valence-corrected chi connectivity index (χ3v) is 4.64. The number of amides is 1. The van der Waals surface area contributed by atoms with Crippen LogP contribution in [0.25, 0.3) is 5.82 Å². The molecule has 2 N–H and O–H groups in total. The van der Waals surface area contributed by atoms with E-state index in [0.29, 0.717) is 5.56 Å². The molecule has 6 nitrogen and oxygen atoms in total. The van der Waals surface area contributed by atoms with Gasteiger partial charge in [-0.05, 0) is 58.2 Å². The number of carbonyl (C=O) groups is 1. The Morgan fingerprint density at radius 2 is 2.00 bits per heavy atom. The predicted molar refractivity (Wildman–Crippen MR) is 108 cm³/mol. The average molecular weight is 400 g/mol. The van der Waals surface area contributed by atoms with E-state index in [2.05, 4.69) is 10.1 Å². The molecule has 2 unspecified atom stereocenters. The lowest BCUT2D eigenvalue weighted by atomic mass is 9.96. The van der Waals surface area contributed by atoms with Crippen molar-refractivity contribution in [2.75, 3.05) is 6.54 Å². The summed E-state index contributed by atoms with van der Waals surface area (Å²) in [5.41, 5.74) is 8.64. The maximum Gasteiger partial charge on any atom is 0.255 e. The van der Waals surface area contributed by atoms with Crippen molar-refractivity contribution in [3.05, 3.63) is 41.3 Å². The SMILES string of the molecule is Cc1cc(C)n(-c2ccc(C(=O)N3CCCCC3C(C)N)cn2)n1.Cl.Cl. The lowest BCUT2D eigenvalue weighted by molar-refractivity contribution is 0.0583. The van der Waals surface area contributed by atoms with Crippen LogP contribution in [0.2, 0.25) is 0 Å². The largest absolute Gasteiger partial charge is 0.334 e. The second kappa shape index (κ2) is 9.35. The summed E-state index contributed by atoms with van der Waals surface area (Å²) >= 11 is 0. The molecule has 144 valence electrons. The smallest absolute Gasteiger partial charge is 0.255 e. The van der Waals surface area contributed by atoms with E-state index in [1.807, 2.05) is 43.9 Å². The van der Waals surface area contributed by atoms with Crippen LogP contribution in [0.4, 0.5) is 0 Å². The Kier molecular flexibility index (Phi) is 8.06. The minimum atomic E-state index is -0.0174. The monoisotopic (exact) mass is 399 g/mol. The lowest BCUT2D eigenvalue weighted by Gasteiger charge is -2.38. The average Bonchev–Trinajstić information content (AvgIpc) is 2.92. The summed E-state index contributed by atoms with van der Waals surface area (Å²) in [6, 6.07) is 5.77. The van der Waals surface area contributed by atoms with E-state index in [1.54, 1.807) is 10.9 Å². The Morgan fingerprint density at radius 1 is 1.27 bits per heavy atom. The Labute approximate surface area is 167 Å². The zero-order valence-electron chi connectivity index (χ0n) is 15.4. The third-order valence-electron chi connectivity index (χ3n) is 4.64. The second-order valence-electron chi connectivity index (χ2n) is 6.66. The van der Waals surface area contributed by atoms with Gasteiger partial charge in [0, 0.05) is 30.5 Å². The van der Waals surface area contributed by atoms with Gasteiger partial charge in [0.25, 0.3) is 5.91 Å². The van der Waals surface area contributed by atoms with E-state index in [1.165, 1.54) is 0 Å². The molecule has 0 saturated carbocycles. The maximum atomic E-state index is 12.8. The summed E-state index contributed by atoms with van der Waals surface area (Å²) in [6.07, 6.45) is 4.78. The minimum absolute atomic E-state index is 0. The van der Waals surface area contributed by atoms with Crippen molar-refractivity contribution >= 4 is 30.7 Å². The van der Waals surface area contributed by atoms with Gasteiger partial charge in [-0.25, -0.2) is 9.67 Å². The van der Waals surface area contributed by atoms with Crippen LogP contribution in [0, 0.1) is 13.8 Å². The zero-order chi connectivity index (χ0) is 17.3. The molecule has 2 aromatic heterocycles. The fourth-order valence-corrected chi connectivity index (χ4v) is 3.42. The topological polar surface area (TPSA) is 77.0 Å². The summed E-state index contributed by atoms with van der Waals surface area (Å²) in [5, 5.41) is 4.42. The van der Waals surface area contributed by atoms with E-state index < -0.39 is 0 Å². The van der Waals surface area contributed by atoms with Crippen molar-refractivity contribution in [2.45, 2.75) is 52.1 Å². The van der Waals surface area contributed by atoms with Crippen LogP contribution in [0.5, 0.6) is 0 Å². The van der Waals surface area contributed by atoms with E-state index in [9.17, 15) is 4.79 Å². The highest BCUT2D eigenvalue weighted by Crippen LogP contribution is 2.21. The Balaban J connectivity index is 0.00000169. The first kappa shape index (κ1) is 22.4. The van der Waals surface area contributed by atoms with Gasteiger partial charge in [-0.15, -0.1) is 24.8 Å². The zero-order valence-corrected chi connectivity index (χ0v) is 17.0. The second-order valence-corrected chi connectivity index (χ2v) is 6.66. The number of halogens is 2. The molecule has 3 heterocycles. The van der Waals surface area contributed by atoms with Gasteiger partial charge in [0.2, 0.25) is 0 Å². The number of rotatable bonds is 3. The van der Waals surface area contributed by atoms with Gasteiger partial charge in [-0.1, -0.05) is 0 Å². The molecule has 1 amide bonds. The van der Waals surface area contributed by atoms with Crippen LogP contribution >= 0.6 is 24.8 Å². The van der Waals surface area contributed by atoms with Crippen LogP contribution in [0.15, 0.2) is 24.4 Å². The number of pyridine rings is 1. The molecular weight excluding hydrogens is 373 g/mol. The van der Waals surface area contributed by atoms with Gasteiger partial charge < -0.3 is 10.6 Å². The van der Waals surface area contributed by atoms with E-state index in [0.717, 1.165) is 43.0 Å². The van der Waals surface area contributed by atoms with Crippen molar-refractivity contribution in [1.82, 2.24) is 19.7 Å².